The van der Waals surface area contributed by atoms with Gasteiger partial charge in [0.15, 0.2) is 8.32 Å². The molecule has 208 valence electrons. The number of nitrogens with one attached hydrogen (secondary N) is 1. The predicted molar refractivity (Wildman–Crippen MR) is 139 cm³/mol. The van der Waals surface area contributed by atoms with E-state index in [4.69, 9.17) is 37.6 Å². The van der Waals surface area contributed by atoms with Gasteiger partial charge in [-0.15, -0.1) is 0 Å². The van der Waals surface area contributed by atoms with Gasteiger partial charge in [-0.3, -0.25) is 0 Å². The van der Waals surface area contributed by atoms with Crippen molar-refractivity contribution in [1.82, 2.24) is 5.32 Å². The first-order chi connectivity index (χ1) is 17.5. The maximum Gasteiger partial charge on any atom is 0.407 e. The molecule has 1 N–H and O–H groups in total. The van der Waals surface area contributed by atoms with Crippen molar-refractivity contribution in [3.8, 4) is 0 Å². The second-order valence-corrected chi connectivity index (χ2v) is 13.1. The first kappa shape index (κ1) is 32.5. The molecule has 0 saturated heterocycles. The van der Waals surface area contributed by atoms with Crippen LogP contribution in [0.25, 0.3) is 0 Å². The number of carbonyl (C=O) groups is 1. The quantitative estimate of drug-likeness (QED) is 0.159. The normalized spacial score (nSPS) is 11.5. The highest BCUT2D eigenvalue weighted by Gasteiger charge is 2.13. The number of hydrogen-bond acceptors (Lipinski definition) is 9. The van der Waals surface area contributed by atoms with Crippen molar-refractivity contribution < 1.29 is 42.4 Å². The van der Waals surface area contributed by atoms with E-state index in [1.807, 2.05) is 30.3 Å². The van der Waals surface area contributed by atoms with Crippen LogP contribution in [-0.2, 0) is 44.2 Å². The van der Waals surface area contributed by atoms with E-state index < -0.39 is 14.4 Å². The second-order valence-electron chi connectivity index (χ2n) is 8.62. The van der Waals surface area contributed by atoms with Crippen molar-refractivity contribution in [1.29, 1.82) is 0 Å². The number of alkyl carbamates (subject to hydrolysis) is 1. The first-order valence-corrected chi connectivity index (χ1v) is 15.9. The Kier molecular flexibility index (Phi) is 20.4. The van der Waals surface area contributed by atoms with Crippen LogP contribution in [0.3, 0.4) is 0 Å². The Balaban J connectivity index is 1.70. The van der Waals surface area contributed by atoms with Gasteiger partial charge in [-0.05, 0) is 25.2 Å². The summed E-state index contributed by atoms with van der Waals surface area (Å²) in [4.78, 5) is 11.6. The summed E-state index contributed by atoms with van der Waals surface area (Å²) < 4.78 is 43.4. The van der Waals surface area contributed by atoms with Gasteiger partial charge in [-0.25, -0.2) is 4.79 Å². The Hall–Kier alpha value is -1.57. The molecule has 0 radical (unpaired) electrons. The topological polar surface area (TPSA) is 103 Å². The van der Waals surface area contributed by atoms with Gasteiger partial charge in [0.1, 0.15) is 6.61 Å². The van der Waals surface area contributed by atoms with E-state index in [9.17, 15) is 4.79 Å². The van der Waals surface area contributed by atoms with Gasteiger partial charge in [0, 0.05) is 6.54 Å². The van der Waals surface area contributed by atoms with Crippen LogP contribution in [0.15, 0.2) is 30.3 Å². The Morgan fingerprint density at radius 3 is 1.50 bits per heavy atom. The highest BCUT2D eigenvalue weighted by Crippen LogP contribution is 2.01. The summed E-state index contributed by atoms with van der Waals surface area (Å²) in [6.07, 6.45) is -0.462. The summed E-state index contributed by atoms with van der Waals surface area (Å²) in [6, 6.07) is 9.52. The van der Waals surface area contributed by atoms with E-state index in [1.54, 1.807) is 0 Å². The van der Waals surface area contributed by atoms with E-state index >= 15 is 0 Å². The molecule has 0 unspecified atom stereocenters. The maximum atomic E-state index is 11.6. The summed E-state index contributed by atoms with van der Waals surface area (Å²) in [5.74, 6) is 0. The summed E-state index contributed by atoms with van der Waals surface area (Å²) in [7, 11) is -1.45. The van der Waals surface area contributed by atoms with Crippen molar-refractivity contribution in [2.45, 2.75) is 26.2 Å². The van der Waals surface area contributed by atoms with Crippen molar-refractivity contribution >= 4 is 14.4 Å². The average molecular weight is 532 g/mol. The monoisotopic (exact) mass is 531 g/mol. The molecule has 36 heavy (non-hydrogen) atoms. The molecule has 0 aliphatic rings. The van der Waals surface area contributed by atoms with Crippen molar-refractivity contribution in [3.05, 3.63) is 35.9 Å². The zero-order valence-electron chi connectivity index (χ0n) is 22.2. The molecule has 0 saturated carbocycles. The van der Waals surface area contributed by atoms with Crippen LogP contribution >= 0.6 is 0 Å². The van der Waals surface area contributed by atoms with E-state index in [0.717, 1.165) is 5.56 Å². The van der Waals surface area contributed by atoms with E-state index in [2.05, 4.69) is 25.0 Å². The first-order valence-electron chi connectivity index (χ1n) is 12.5. The second kappa shape index (κ2) is 22.6. The molecule has 1 aromatic rings. The molecular formula is C25H45NO9Si. The van der Waals surface area contributed by atoms with Gasteiger partial charge in [0.25, 0.3) is 0 Å². The predicted octanol–water partition coefficient (Wildman–Crippen LogP) is 2.86. The molecule has 1 aromatic carbocycles. The van der Waals surface area contributed by atoms with Crippen molar-refractivity contribution in [2.75, 3.05) is 92.4 Å². The molecule has 11 heteroatoms. The Morgan fingerprint density at radius 1 is 0.639 bits per heavy atom. The molecule has 0 heterocycles. The van der Waals surface area contributed by atoms with Crippen LogP contribution in [0.4, 0.5) is 4.79 Å². The minimum absolute atomic E-state index is 0.246. The number of hydrogen-bond donors (Lipinski definition) is 1. The molecule has 0 aromatic heterocycles. The number of rotatable bonds is 24. The largest absolute Gasteiger partial charge is 0.445 e. The zero-order chi connectivity index (χ0) is 26.2. The minimum atomic E-state index is -1.45. The molecule has 10 nitrogen and oxygen atoms in total. The third-order valence-corrected chi connectivity index (χ3v) is 5.42. The average Bonchev–Trinajstić information content (AvgIpc) is 2.85. The number of amides is 1. The zero-order valence-corrected chi connectivity index (χ0v) is 23.2. The van der Waals surface area contributed by atoms with Crippen LogP contribution in [0.5, 0.6) is 0 Å². The molecule has 0 aliphatic carbocycles. The molecule has 1 amide bonds. The third-order valence-electron chi connectivity index (χ3n) is 4.35. The lowest BCUT2D eigenvalue weighted by atomic mass is 10.2. The SMILES string of the molecule is C[Si](C)(C)OCCOCCOCCOCCOCCOCCOCCNC(=O)OCc1ccccc1. The molecule has 0 aliphatic heterocycles. The van der Waals surface area contributed by atoms with Crippen LogP contribution < -0.4 is 5.32 Å². The van der Waals surface area contributed by atoms with Gasteiger partial charge in [0.05, 0.1) is 85.9 Å². The third kappa shape index (κ3) is 22.9. The number of carbonyl (C=O) groups excluding carboxylic acids is 1. The number of ether oxygens (including phenoxy) is 7. The highest BCUT2D eigenvalue weighted by molar-refractivity contribution is 6.69. The summed E-state index contributed by atoms with van der Waals surface area (Å²) in [6.45, 7) is 13.8. The Labute approximate surface area is 216 Å². The molecule has 1 rings (SSSR count). The minimum Gasteiger partial charge on any atom is -0.445 e. The fourth-order valence-electron chi connectivity index (χ4n) is 2.61. The van der Waals surface area contributed by atoms with Gasteiger partial charge < -0.3 is 42.9 Å². The Morgan fingerprint density at radius 2 is 1.06 bits per heavy atom. The standard InChI is InChI=1S/C25H45NO9Si/c1-36(2,3)35-22-21-33-20-19-32-18-17-31-16-15-30-14-13-29-12-11-28-10-9-26-25(27)34-23-24-7-5-4-6-8-24/h4-8H,9-23H2,1-3H3,(H,26,27). The van der Waals surface area contributed by atoms with Crippen LogP contribution in [0.1, 0.15) is 5.56 Å². The van der Waals surface area contributed by atoms with Crippen LogP contribution in [0.2, 0.25) is 19.6 Å². The smallest absolute Gasteiger partial charge is 0.407 e. The number of benzene rings is 1. The van der Waals surface area contributed by atoms with Crippen LogP contribution in [0, 0.1) is 0 Å². The maximum absolute atomic E-state index is 11.6. The van der Waals surface area contributed by atoms with Crippen LogP contribution in [-0.4, -0.2) is 107 Å². The lowest BCUT2D eigenvalue weighted by Gasteiger charge is -2.16. The molecule has 0 spiro atoms. The summed E-state index contributed by atoms with van der Waals surface area (Å²) in [5.41, 5.74) is 0.944. The summed E-state index contributed by atoms with van der Waals surface area (Å²) >= 11 is 0. The van der Waals surface area contributed by atoms with E-state index in [-0.39, 0.29) is 6.61 Å². The fraction of sp³-hybridized carbons (Fsp3) is 0.720. The van der Waals surface area contributed by atoms with Crippen molar-refractivity contribution in [2.24, 2.45) is 0 Å². The van der Waals surface area contributed by atoms with Gasteiger partial charge in [-0.1, -0.05) is 30.3 Å². The van der Waals surface area contributed by atoms with E-state index in [1.165, 1.54) is 0 Å². The molecule has 0 fully saturated rings. The van der Waals surface area contributed by atoms with Crippen molar-refractivity contribution in [3.63, 3.8) is 0 Å². The van der Waals surface area contributed by atoms with Gasteiger partial charge in [-0.2, -0.15) is 0 Å². The molecular weight excluding hydrogens is 486 g/mol. The lowest BCUT2D eigenvalue weighted by Crippen LogP contribution is -2.28. The summed E-state index contributed by atoms with van der Waals surface area (Å²) in [5, 5.41) is 2.64. The lowest BCUT2D eigenvalue weighted by molar-refractivity contribution is -0.0177. The Bertz CT molecular complexity index is 632. The van der Waals surface area contributed by atoms with Gasteiger partial charge in [0.2, 0.25) is 0 Å². The highest BCUT2D eigenvalue weighted by atomic mass is 28.4. The van der Waals surface area contributed by atoms with E-state index in [0.29, 0.717) is 92.4 Å². The molecule has 0 bridgehead atoms. The molecule has 0 atom stereocenters. The van der Waals surface area contributed by atoms with Gasteiger partial charge >= 0.3 is 6.09 Å². The fourth-order valence-corrected chi connectivity index (χ4v) is 3.30.